The van der Waals surface area contributed by atoms with Gasteiger partial charge in [0.1, 0.15) is 10.9 Å². The molecule has 0 aromatic carbocycles. The van der Waals surface area contributed by atoms with Crippen molar-refractivity contribution in [1.82, 2.24) is 15.1 Å². The third-order valence-electron chi connectivity index (χ3n) is 2.93. The summed E-state index contributed by atoms with van der Waals surface area (Å²) in [6.45, 7) is 1.82. The predicted octanol–water partition coefficient (Wildman–Crippen LogP) is 0.00162. The fraction of sp³-hybridized carbons (Fsp3) is 0.333. The Morgan fingerprint density at radius 1 is 1.52 bits per heavy atom. The number of nitrogens with two attached hydrogens (primary N) is 1. The number of thiophene rings is 1. The summed E-state index contributed by atoms with van der Waals surface area (Å²) in [4.78, 5) is 35.1. The number of fused-ring (bicyclic) bond motifs is 1. The van der Waals surface area contributed by atoms with Gasteiger partial charge in [-0.15, -0.1) is 11.3 Å². The number of rotatable bonds is 5. The lowest BCUT2D eigenvalue weighted by molar-refractivity contribution is -0.140. The van der Waals surface area contributed by atoms with Crippen LogP contribution in [0.1, 0.15) is 21.8 Å². The summed E-state index contributed by atoms with van der Waals surface area (Å²) in [5, 5.41) is 16.3. The Kier molecular flexibility index (Phi) is 3.94. The molecule has 8 nitrogen and oxygen atoms in total. The number of primary amides is 1. The van der Waals surface area contributed by atoms with E-state index < -0.39 is 30.2 Å². The lowest BCUT2D eigenvalue weighted by atomic mass is 10.2. The SMILES string of the molecule is Cc1nn(C)c2sc(C(=O)N[C@@H](CC(N)=O)C(=O)O)cc12. The average Bonchev–Trinajstić information content (AvgIpc) is 2.91. The van der Waals surface area contributed by atoms with Gasteiger partial charge in [-0.2, -0.15) is 5.10 Å². The molecule has 2 aromatic heterocycles. The first-order valence-electron chi connectivity index (χ1n) is 6.04. The van der Waals surface area contributed by atoms with Crippen LogP contribution in [0, 0.1) is 6.92 Å². The number of carbonyl (C=O) groups excluding carboxylic acids is 2. The molecular formula is C12H14N4O4S. The second-order valence-corrected chi connectivity index (χ2v) is 5.60. The smallest absolute Gasteiger partial charge is 0.326 e. The summed E-state index contributed by atoms with van der Waals surface area (Å²) in [5.41, 5.74) is 5.75. The minimum atomic E-state index is -1.33. The largest absolute Gasteiger partial charge is 0.480 e. The number of hydrogen-bond acceptors (Lipinski definition) is 5. The van der Waals surface area contributed by atoms with E-state index in [1.807, 2.05) is 6.92 Å². The third-order valence-corrected chi connectivity index (χ3v) is 4.13. The van der Waals surface area contributed by atoms with Crippen LogP contribution in [0.15, 0.2) is 6.07 Å². The van der Waals surface area contributed by atoms with Crippen molar-refractivity contribution in [2.24, 2.45) is 12.8 Å². The van der Waals surface area contributed by atoms with Gasteiger partial charge in [-0.05, 0) is 13.0 Å². The molecular weight excluding hydrogens is 296 g/mol. The molecule has 1 atom stereocenters. The highest BCUT2D eigenvalue weighted by Gasteiger charge is 2.24. The predicted molar refractivity (Wildman–Crippen MR) is 76.0 cm³/mol. The zero-order chi connectivity index (χ0) is 15.7. The number of carboxylic acids is 1. The Bertz CT molecular complexity index is 699. The Morgan fingerprint density at radius 3 is 2.71 bits per heavy atom. The molecule has 2 aromatic rings. The van der Waals surface area contributed by atoms with E-state index >= 15 is 0 Å². The Morgan fingerprint density at radius 2 is 2.19 bits per heavy atom. The molecule has 0 unspecified atom stereocenters. The molecule has 0 fully saturated rings. The van der Waals surface area contributed by atoms with Crippen LogP contribution in [0.5, 0.6) is 0 Å². The number of carbonyl (C=O) groups is 3. The molecule has 2 amide bonds. The van der Waals surface area contributed by atoms with Crippen molar-refractivity contribution in [3.05, 3.63) is 16.6 Å². The highest BCUT2D eigenvalue weighted by Crippen LogP contribution is 2.27. The van der Waals surface area contributed by atoms with E-state index in [0.29, 0.717) is 4.88 Å². The van der Waals surface area contributed by atoms with Crippen LogP contribution in [0.2, 0.25) is 0 Å². The van der Waals surface area contributed by atoms with E-state index in [0.717, 1.165) is 15.9 Å². The number of carboxylic acid groups (broad SMARTS) is 1. The van der Waals surface area contributed by atoms with Crippen molar-refractivity contribution in [2.45, 2.75) is 19.4 Å². The van der Waals surface area contributed by atoms with Gasteiger partial charge in [-0.1, -0.05) is 0 Å². The van der Waals surface area contributed by atoms with E-state index in [2.05, 4.69) is 10.4 Å². The molecule has 112 valence electrons. The van der Waals surface area contributed by atoms with Crippen LogP contribution in [0.3, 0.4) is 0 Å². The lowest BCUT2D eigenvalue weighted by Gasteiger charge is -2.11. The molecule has 2 rings (SSSR count). The Hall–Kier alpha value is -2.42. The van der Waals surface area contributed by atoms with Crippen molar-refractivity contribution < 1.29 is 19.5 Å². The van der Waals surface area contributed by atoms with Gasteiger partial charge >= 0.3 is 5.97 Å². The van der Waals surface area contributed by atoms with Crippen LogP contribution >= 0.6 is 11.3 Å². The summed E-state index contributed by atoms with van der Waals surface area (Å²) in [5.74, 6) is -2.65. The van der Waals surface area contributed by atoms with Gasteiger partial charge in [0.2, 0.25) is 5.91 Å². The molecule has 0 aliphatic rings. The van der Waals surface area contributed by atoms with Crippen molar-refractivity contribution in [3.63, 3.8) is 0 Å². The van der Waals surface area contributed by atoms with E-state index in [1.165, 1.54) is 11.3 Å². The fourth-order valence-electron chi connectivity index (χ4n) is 1.95. The molecule has 0 aliphatic carbocycles. The van der Waals surface area contributed by atoms with Crippen molar-refractivity contribution in [2.75, 3.05) is 0 Å². The van der Waals surface area contributed by atoms with Crippen molar-refractivity contribution in [1.29, 1.82) is 0 Å². The zero-order valence-electron chi connectivity index (χ0n) is 11.4. The molecule has 4 N–H and O–H groups in total. The summed E-state index contributed by atoms with van der Waals surface area (Å²) >= 11 is 1.20. The molecule has 0 saturated carbocycles. The Labute approximate surface area is 123 Å². The summed E-state index contributed by atoms with van der Waals surface area (Å²) < 4.78 is 1.66. The van der Waals surface area contributed by atoms with Gasteiger partial charge in [0.05, 0.1) is 17.0 Å². The normalized spacial score (nSPS) is 12.3. The van der Waals surface area contributed by atoms with E-state index in [9.17, 15) is 14.4 Å². The molecule has 9 heteroatoms. The van der Waals surface area contributed by atoms with Crippen LogP contribution < -0.4 is 11.1 Å². The molecule has 0 radical (unpaired) electrons. The van der Waals surface area contributed by atoms with Crippen LogP contribution in [0.25, 0.3) is 10.2 Å². The summed E-state index contributed by atoms with van der Waals surface area (Å²) in [7, 11) is 1.76. The number of aliphatic carboxylic acids is 1. The van der Waals surface area contributed by atoms with E-state index in [-0.39, 0.29) is 0 Å². The second kappa shape index (κ2) is 5.52. The zero-order valence-corrected chi connectivity index (χ0v) is 12.2. The highest BCUT2D eigenvalue weighted by molar-refractivity contribution is 7.20. The van der Waals surface area contributed by atoms with Crippen molar-refractivity contribution >= 4 is 39.3 Å². The first-order valence-corrected chi connectivity index (χ1v) is 6.86. The van der Waals surface area contributed by atoms with Gasteiger partial charge < -0.3 is 16.2 Å². The van der Waals surface area contributed by atoms with Crippen LogP contribution in [0.4, 0.5) is 0 Å². The average molecular weight is 310 g/mol. The first-order chi connectivity index (χ1) is 9.79. The van der Waals surface area contributed by atoms with Crippen LogP contribution in [-0.2, 0) is 16.6 Å². The minimum absolute atomic E-state index is 0.358. The second-order valence-electron chi connectivity index (χ2n) is 4.57. The molecule has 0 saturated heterocycles. The standard InChI is InChI=1S/C12H14N4O4S/c1-5-6-3-8(21-11(6)16(2)15-5)10(18)14-7(12(19)20)4-9(13)17/h3,7H,4H2,1-2H3,(H2,13,17)(H,14,18)(H,19,20)/t7-/m0/s1. The molecule has 0 spiro atoms. The van der Waals surface area contributed by atoms with Gasteiger partial charge in [-0.25, -0.2) is 4.79 Å². The number of nitrogens with one attached hydrogen (secondary N) is 1. The maximum absolute atomic E-state index is 12.1. The molecule has 21 heavy (non-hydrogen) atoms. The minimum Gasteiger partial charge on any atom is -0.480 e. The van der Waals surface area contributed by atoms with Gasteiger partial charge in [0, 0.05) is 12.4 Å². The van der Waals surface area contributed by atoms with Gasteiger partial charge in [-0.3, -0.25) is 14.3 Å². The highest BCUT2D eigenvalue weighted by atomic mass is 32.1. The number of hydrogen-bond donors (Lipinski definition) is 3. The van der Waals surface area contributed by atoms with E-state index in [4.69, 9.17) is 10.8 Å². The van der Waals surface area contributed by atoms with Crippen molar-refractivity contribution in [3.8, 4) is 0 Å². The summed E-state index contributed by atoms with van der Waals surface area (Å²) in [6, 6.07) is 0.320. The summed E-state index contributed by atoms with van der Waals surface area (Å²) in [6.07, 6.45) is -0.452. The number of amides is 2. The van der Waals surface area contributed by atoms with Gasteiger partial charge in [0.25, 0.3) is 5.91 Å². The number of nitrogens with zero attached hydrogens (tertiary/aromatic N) is 2. The maximum atomic E-state index is 12.1. The first kappa shape index (κ1) is 15.0. The number of aromatic nitrogens is 2. The van der Waals surface area contributed by atoms with E-state index in [1.54, 1.807) is 17.8 Å². The molecule has 2 heterocycles. The number of aryl methyl sites for hydroxylation is 2. The van der Waals surface area contributed by atoms with Gasteiger partial charge in [0.15, 0.2) is 0 Å². The quantitative estimate of drug-likeness (QED) is 0.716. The van der Waals surface area contributed by atoms with Crippen LogP contribution in [-0.4, -0.2) is 38.7 Å². The Balaban J connectivity index is 2.23. The third kappa shape index (κ3) is 3.02. The monoisotopic (exact) mass is 310 g/mol. The maximum Gasteiger partial charge on any atom is 0.326 e. The lowest BCUT2D eigenvalue weighted by Crippen LogP contribution is -2.43. The molecule has 0 aliphatic heterocycles. The topological polar surface area (TPSA) is 127 Å². The molecule has 0 bridgehead atoms. The fourth-order valence-corrected chi connectivity index (χ4v) is 2.97.